The van der Waals surface area contributed by atoms with E-state index < -0.39 is 0 Å². The van der Waals surface area contributed by atoms with Crippen molar-refractivity contribution in [3.05, 3.63) is 67.4 Å². The molecule has 1 amide bonds. The number of carbonyl (C=O) groups is 1. The number of hydrogen-bond acceptors (Lipinski definition) is 8. The summed E-state index contributed by atoms with van der Waals surface area (Å²) in [6.45, 7) is 14.0. The molecule has 2 aromatic carbocycles. The Morgan fingerprint density at radius 3 is 2.50 bits per heavy atom. The van der Waals surface area contributed by atoms with E-state index >= 15 is 0 Å². The normalized spacial score (nSPS) is 16.6. The van der Waals surface area contributed by atoms with Crippen LogP contribution in [-0.2, 0) is 4.79 Å². The van der Waals surface area contributed by atoms with Crippen LogP contribution in [0.3, 0.4) is 0 Å². The Kier molecular flexibility index (Phi) is 9.23. The Labute approximate surface area is 269 Å². The standard InChI is InChI=1S/C35H43FN8O2/c1-6-35(45)40-29-18-30(33(46-5)20-32(29)43-11-9-25(10-12-43)42-15-13-41(4)14-16-42)39-34-19-28(37-22-38-34)27-21-44(23(2)3)31-8-7-24(36)17-26(27)31/h6-8,17-23,25H,1,9-16H2,2-5H3,(H,40,45)(H,37,38,39). The third-order valence-corrected chi connectivity index (χ3v) is 9.18. The van der Waals surface area contributed by atoms with Crippen molar-refractivity contribution in [3.63, 3.8) is 0 Å². The van der Waals surface area contributed by atoms with Crippen LogP contribution in [-0.4, -0.2) is 89.7 Å². The molecular weight excluding hydrogens is 583 g/mol. The van der Waals surface area contributed by atoms with E-state index in [0.717, 1.165) is 74.3 Å². The van der Waals surface area contributed by atoms with Crippen LogP contribution in [0.1, 0.15) is 32.7 Å². The number of hydrogen-bond donors (Lipinski definition) is 2. The van der Waals surface area contributed by atoms with Gasteiger partial charge in [0, 0.05) is 86.1 Å². The molecule has 2 aliphatic heterocycles. The van der Waals surface area contributed by atoms with Crippen molar-refractivity contribution in [1.82, 2.24) is 24.3 Å². The molecule has 242 valence electrons. The number of carbonyl (C=O) groups excluding carboxylic acids is 1. The van der Waals surface area contributed by atoms with Crippen LogP contribution < -0.4 is 20.3 Å². The highest BCUT2D eigenvalue weighted by Crippen LogP contribution is 2.40. The molecule has 10 nitrogen and oxygen atoms in total. The van der Waals surface area contributed by atoms with Gasteiger partial charge in [0.1, 0.15) is 23.7 Å². The lowest BCUT2D eigenvalue weighted by Gasteiger charge is -2.43. The maximum absolute atomic E-state index is 14.3. The van der Waals surface area contributed by atoms with E-state index in [1.54, 1.807) is 19.2 Å². The second-order valence-electron chi connectivity index (χ2n) is 12.4. The van der Waals surface area contributed by atoms with E-state index in [-0.39, 0.29) is 17.8 Å². The molecule has 0 spiro atoms. The van der Waals surface area contributed by atoms with E-state index in [2.05, 4.69) is 67.3 Å². The van der Waals surface area contributed by atoms with Crippen LogP contribution in [0.5, 0.6) is 5.75 Å². The van der Waals surface area contributed by atoms with Gasteiger partial charge in [-0.3, -0.25) is 9.69 Å². The van der Waals surface area contributed by atoms with Crippen molar-refractivity contribution in [2.24, 2.45) is 0 Å². The molecule has 0 radical (unpaired) electrons. The zero-order valence-electron chi connectivity index (χ0n) is 27.1. The van der Waals surface area contributed by atoms with Gasteiger partial charge in [0.2, 0.25) is 5.91 Å². The first-order chi connectivity index (χ1) is 22.2. The molecule has 2 fully saturated rings. The molecule has 0 bridgehead atoms. The second kappa shape index (κ2) is 13.5. The van der Waals surface area contributed by atoms with Gasteiger partial charge in [-0.25, -0.2) is 14.4 Å². The number of piperidine rings is 1. The highest BCUT2D eigenvalue weighted by molar-refractivity contribution is 6.02. The van der Waals surface area contributed by atoms with E-state index in [1.807, 2.05) is 24.4 Å². The van der Waals surface area contributed by atoms with Gasteiger partial charge in [-0.15, -0.1) is 0 Å². The molecule has 2 aromatic heterocycles. The van der Waals surface area contributed by atoms with Crippen LogP contribution in [0, 0.1) is 5.82 Å². The lowest BCUT2D eigenvalue weighted by atomic mass is 10.0. The maximum atomic E-state index is 14.3. The average molecular weight is 627 g/mol. The largest absolute Gasteiger partial charge is 0.494 e. The number of aromatic nitrogens is 3. The molecule has 4 aromatic rings. The summed E-state index contributed by atoms with van der Waals surface area (Å²) in [5.74, 6) is 0.561. The number of nitrogens with zero attached hydrogens (tertiary/aromatic N) is 6. The highest BCUT2D eigenvalue weighted by Gasteiger charge is 2.28. The Balaban J connectivity index is 1.28. The summed E-state index contributed by atoms with van der Waals surface area (Å²) in [5, 5.41) is 7.17. The molecule has 6 rings (SSSR count). The molecule has 0 unspecified atom stereocenters. The topological polar surface area (TPSA) is 90.8 Å². The van der Waals surface area contributed by atoms with Gasteiger partial charge in [-0.05, 0) is 64.1 Å². The van der Waals surface area contributed by atoms with Gasteiger partial charge in [-0.1, -0.05) is 6.58 Å². The van der Waals surface area contributed by atoms with Crippen molar-refractivity contribution in [1.29, 1.82) is 0 Å². The Morgan fingerprint density at radius 2 is 1.80 bits per heavy atom. The van der Waals surface area contributed by atoms with E-state index in [9.17, 15) is 9.18 Å². The minimum Gasteiger partial charge on any atom is -0.494 e. The summed E-state index contributed by atoms with van der Waals surface area (Å²) < 4.78 is 22.3. The first-order valence-electron chi connectivity index (χ1n) is 16.0. The molecule has 0 atom stereocenters. The van der Waals surface area contributed by atoms with Crippen LogP contribution in [0.2, 0.25) is 0 Å². The summed E-state index contributed by atoms with van der Waals surface area (Å²) in [5.41, 5.74) is 4.61. The average Bonchev–Trinajstić information content (AvgIpc) is 3.44. The Hall–Kier alpha value is -4.48. The number of methoxy groups -OCH3 is 1. The quantitative estimate of drug-likeness (QED) is 0.222. The molecule has 2 saturated heterocycles. The molecule has 46 heavy (non-hydrogen) atoms. The number of nitrogens with one attached hydrogen (secondary N) is 2. The predicted octanol–water partition coefficient (Wildman–Crippen LogP) is 5.91. The highest BCUT2D eigenvalue weighted by atomic mass is 19.1. The van der Waals surface area contributed by atoms with Gasteiger partial charge in [0.05, 0.1) is 29.9 Å². The SMILES string of the molecule is C=CC(=O)Nc1cc(Nc2cc(-c3cn(C(C)C)c4ccc(F)cc34)ncn2)c(OC)cc1N1CCC(N2CCN(C)CC2)CC1. The molecule has 0 aliphatic carbocycles. The summed E-state index contributed by atoms with van der Waals surface area (Å²) in [4.78, 5) is 28.9. The fourth-order valence-electron chi connectivity index (χ4n) is 6.61. The third-order valence-electron chi connectivity index (χ3n) is 9.18. The summed E-state index contributed by atoms with van der Waals surface area (Å²) in [6.07, 6.45) is 6.88. The maximum Gasteiger partial charge on any atom is 0.247 e. The van der Waals surface area contributed by atoms with Crippen LogP contribution >= 0.6 is 0 Å². The summed E-state index contributed by atoms with van der Waals surface area (Å²) in [7, 11) is 3.82. The first kappa shape index (κ1) is 31.5. The first-order valence-corrected chi connectivity index (χ1v) is 16.0. The van der Waals surface area contributed by atoms with E-state index in [1.165, 1.54) is 18.5 Å². The third kappa shape index (κ3) is 6.56. The number of anilines is 4. The van der Waals surface area contributed by atoms with Gasteiger partial charge in [0.25, 0.3) is 0 Å². The molecule has 2 N–H and O–H groups in total. The Bertz CT molecular complexity index is 1720. The number of rotatable bonds is 9. The number of fused-ring (bicyclic) bond motifs is 1. The monoisotopic (exact) mass is 626 g/mol. The minimum atomic E-state index is -0.301. The zero-order chi connectivity index (χ0) is 32.4. The van der Waals surface area contributed by atoms with Gasteiger partial charge < -0.3 is 29.7 Å². The molecule has 0 saturated carbocycles. The lowest BCUT2D eigenvalue weighted by molar-refractivity contribution is -0.111. The van der Waals surface area contributed by atoms with Crippen molar-refractivity contribution in [2.45, 2.75) is 38.8 Å². The number of halogens is 1. The van der Waals surface area contributed by atoms with Crippen LogP contribution in [0.4, 0.5) is 27.3 Å². The number of amides is 1. The molecular formula is C35H43FN8O2. The fraction of sp³-hybridized carbons (Fsp3) is 0.400. The van der Waals surface area contributed by atoms with E-state index in [0.29, 0.717) is 34.7 Å². The van der Waals surface area contributed by atoms with E-state index in [4.69, 9.17) is 4.74 Å². The summed E-state index contributed by atoms with van der Waals surface area (Å²) >= 11 is 0. The van der Waals surface area contributed by atoms with Gasteiger partial charge >= 0.3 is 0 Å². The lowest BCUT2D eigenvalue weighted by Crippen LogP contribution is -2.52. The van der Waals surface area contributed by atoms with Gasteiger partial charge in [0.15, 0.2) is 0 Å². The Morgan fingerprint density at radius 1 is 1.04 bits per heavy atom. The van der Waals surface area contributed by atoms with Crippen LogP contribution in [0.25, 0.3) is 22.2 Å². The smallest absolute Gasteiger partial charge is 0.247 e. The number of ether oxygens (including phenoxy) is 1. The van der Waals surface area contributed by atoms with Crippen molar-refractivity contribution in [3.8, 4) is 17.0 Å². The molecule has 4 heterocycles. The molecule has 2 aliphatic rings. The zero-order valence-corrected chi connectivity index (χ0v) is 27.1. The predicted molar refractivity (Wildman–Crippen MR) is 183 cm³/mol. The number of piperazine rings is 1. The van der Waals surface area contributed by atoms with Gasteiger partial charge in [-0.2, -0.15) is 0 Å². The van der Waals surface area contributed by atoms with Crippen LogP contribution in [0.15, 0.2) is 61.6 Å². The number of benzene rings is 2. The van der Waals surface area contributed by atoms with Crippen molar-refractivity contribution >= 4 is 39.7 Å². The van der Waals surface area contributed by atoms with Crippen molar-refractivity contribution in [2.75, 3.05) is 69.0 Å². The van der Waals surface area contributed by atoms with Crippen molar-refractivity contribution < 1.29 is 13.9 Å². The number of likely N-dealkylation sites (N-methyl/N-ethyl adjacent to an activating group) is 1. The fourth-order valence-corrected chi connectivity index (χ4v) is 6.61. The minimum absolute atomic E-state index is 0.186. The second-order valence-corrected chi connectivity index (χ2v) is 12.4. The molecule has 11 heteroatoms. The summed E-state index contributed by atoms with van der Waals surface area (Å²) in [6, 6.07) is 11.3.